The number of rotatable bonds is 62. The van der Waals surface area contributed by atoms with Gasteiger partial charge in [0, 0.05) is 6.42 Å². The molecule has 2 aliphatic rings. The van der Waals surface area contributed by atoms with Crippen LogP contribution in [0.25, 0.3) is 0 Å². The van der Waals surface area contributed by atoms with E-state index in [-0.39, 0.29) is 18.9 Å². The molecule has 88 heavy (non-hydrogen) atoms. The zero-order valence-electron chi connectivity index (χ0n) is 56.5. The molecule has 0 saturated carbocycles. The molecule has 14 nitrogen and oxygen atoms in total. The first-order valence-electron chi connectivity index (χ1n) is 37.2. The number of allylic oxidation sites excluding steroid dienone is 5. The van der Waals surface area contributed by atoms with Crippen LogP contribution in [0.15, 0.2) is 36.5 Å². The molecule has 0 bridgehead atoms. The van der Waals surface area contributed by atoms with Gasteiger partial charge in [-0.05, 0) is 57.8 Å². The maximum absolute atomic E-state index is 13.3. The van der Waals surface area contributed by atoms with Crippen molar-refractivity contribution in [2.45, 2.75) is 408 Å². The van der Waals surface area contributed by atoms with E-state index in [1.165, 1.54) is 270 Å². The first-order valence-corrected chi connectivity index (χ1v) is 37.2. The number of hydrogen-bond donors (Lipinski definition) is 9. The summed E-state index contributed by atoms with van der Waals surface area (Å²) in [7, 11) is 0. The summed E-state index contributed by atoms with van der Waals surface area (Å²) in [5, 5.41) is 87.2. The van der Waals surface area contributed by atoms with Gasteiger partial charge in [-0.15, -0.1) is 0 Å². The minimum atomic E-state index is -1.79. The molecule has 2 fully saturated rings. The van der Waals surface area contributed by atoms with Gasteiger partial charge in [-0.1, -0.05) is 307 Å². The molecule has 2 aliphatic heterocycles. The summed E-state index contributed by atoms with van der Waals surface area (Å²) in [4.78, 5) is 13.3. The zero-order chi connectivity index (χ0) is 63.8. The van der Waals surface area contributed by atoms with Crippen LogP contribution in [0, 0.1) is 0 Å². The van der Waals surface area contributed by atoms with Crippen LogP contribution in [0.2, 0.25) is 0 Å². The summed E-state index contributed by atoms with van der Waals surface area (Å²) < 4.78 is 22.8. The van der Waals surface area contributed by atoms with E-state index in [1.54, 1.807) is 6.08 Å². The molecule has 12 atom stereocenters. The highest BCUT2D eigenvalue weighted by Crippen LogP contribution is 2.30. The average molecular weight is 1250 g/mol. The van der Waals surface area contributed by atoms with Crippen molar-refractivity contribution in [2.24, 2.45) is 0 Å². The van der Waals surface area contributed by atoms with Crippen LogP contribution >= 0.6 is 0 Å². The largest absolute Gasteiger partial charge is 0.394 e. The van der Waals surface area contributed by atoms with Crippen LogP contribution < -0.4 is 5.32 Å². The predicted molar refractivity (Wildman–Crippen MR) is 360 cm³/mol. The maximum Gasteiger partial charge on any atom is 0.220 e. The molecule has 12 unspecified atom stereocenters. The fourth-order valence-corrected chi connectivity index (χ4v) is 12.4. The second kappa shape index (κ2) is 59.0. The Morgan fingerprint density at radius 3 is 1.11 bits per heavy atom. The summed E-state index contributed by atoms with van der Waals surface area (Å²) in [6.07, 6.45) is 59.8. The van der Waals surface area contributed by atoms with Crippen LogP contribution in [0.5, 0.6) is 0 Å². The van der Waals surface area contributed by atoms with E-state index < -0.39 is 86.8 Å². The number of carbonyl (C=O) groups is 1. The van der Waals surface area contributed by atoms with E-state index in [9.17, 15) is 45.6 Å². The monoisotopic (exact) mass is 1250 g/mol. The zero-order valence-corrected chi connectivity index (χ0v) is 56.5. The number of aliphatic hydroxyl groups is 8. The Labute approximate surface area is 538 Å². The molecule has 0 aromatic rings. The number of ether oxygens (including phenoxy) is 4. The molecular formula is C74H139NO13. The van der Waals surface area contributed by atoms with Gasteiger partial charge in [-0.25, -0.2) is 0 Å². The van der Waals surface area contributed by atoms with Gasteiger partial charge in [0.25, 0.3) is 0 Å². The van der Waals surface area contributed by atoms with Crippen LogP contribution in [-0.2, 0) is 23.7 Å². The lowest BCUT2D eigenvalue weighted by Gasteiger charge is -2.46. The quantitative estimate of drug-likeness (QED) is 0.0204. The van der Waals surface area contributed by atoms with Gasteiger partial charge in [0.1, 0.15) is 48.8 Å². The molecule has 2 rings (SSSR count). The molecule has 0 aromatic heterocycles. The van der Waals surface area contributed by atoms with Crippen molar-refractivity contribution >= 4 is 5.91 Å². The molecule has 0 spiro atoms. The van der Waals surface area contributed by atoms with Crippen LogP contribution in [0.4, 0.5) is 0 Å². The third-order valence-electron chi connectivity index (χ3n) is 18.3. The first-order chi connectivity index (χ1) is 43.1. The standard InChI is InChI=1S/C74H139NO13/c1-3-5-7-9-11-13-15-17-18-19-20-21-22-23-24-25-26-27-28-29-30-31-32-33-34-35-36-37-38-39-40-41-42-43-44-46-48-50-52-54-56-58-66(79)75-62(63(78)57-55-53-51-49-47-45-16-14-12-10-8-6-4-2)61-85-73-71(84)69(82)72(65(60-77)87-73)88-74-70(83)68(81)67(80)64(59-76)86-74/h19-20,47,49,55,57,62-65,67-74,76-78,80-84H,3-18,21-46,48,50-54,56,58-61H2,1-2H3,(H,75,79)/b20-19-,49-47+,57-55+. The lowest BCUT2D eigenvalue weighted by molar-refractivity contribution is -0.359. The normalized spacial score (nSPS) is 23.3. The number of carbonyl (C=O) groups excluding carboxylic acids is 1. The number of unbranched alkanes of at least 4 members (excludes halogenated alkanes) is 45. The Morgan fingerprint density at radius 2 is 0.727 bits per heavy atom. The van der Waals surface area contributed by atoms with Gasteiger partial charge in [-0.2, -0.15) is 0 Å². The molecule has 2 heterocycles. The van der Waals surface area contributed by atoms with E-state index in [1.807, 2.05) is 6.08 Å². The van der Waals surface area contributed by atoms with Crippen molar-refractivity contribution in [1.29, 1.82) is 0 Å². The lowest BCUT2D eigenvalue weighted by atomic mass is 9.97. The fraction of sp³-hybridized carbons (Fsp3) is 0.905. The van der Waals surface area contributed by atoms with E-state index in [4.69, 9.17) is 18.9 Å². The van der Waals surface area contributed by atoms with Crippen molar-refractivity contribution in [1.82, 2.24) is 5.32 Å². The molecule has 0 aliphatic carbocycles. The van der Waals surface area contributed by atoms with Crippen molar-refractivity contribution < 1.29 is 64.6 Å². The Bertz CT molecular complexity index is 1620. The van der Waals surface area contributed by atoms with E-state index in [0.717, 1.165) is 32.1 Å². The minimum Gasteiger partial charge on any atom is -0.394 e. The summed E-state index contributed by atoms with van der Waals surface area (Å²) in [6, 6.07) is -0.929. The Balaban J connectivity index is 1.52. The maximum atomic E-state index is 13.3. The summed E-state index contributed by atoms with van der Waals surface area (Å²) in [5.41, 5.74) is 0. The third-order valence-corrected chi connectivity index (χ3v) is 18.3. The Hall–Kier alpha value is -1.79. The smallest absolute Gasteiger partial charge is 0.220 e. The Kier molecular flexibility index (Phi) is 55.2. The molecular weight excluding hydrogens is 1110 g/mol. The molecule has 1 amide bonds. The van der Waals surface area contributed by atoms with E-state index in [2.05, 4.69) is 43.5 Å². The summed E-state index contributed by atoms with van der Waals surface area (Å²) in [5.74, 6) is -0.244. The number of nitrogens with one attached hydrogen (secondary N) is 1. The van der Waals surface area contributed by atoms with Crippen LogP contribution in [0.3, 0.4) is 0 Å². The van der Waals surface area contributed by atoms with Crippen molar-refractivity contribution in [3.8, 4) is 0 Å². The van der Waals surface area contributed by atoms with E-state index >= 15 is 0 Å². The predicted octanol–water partition coefficient (Wildman–Crippen LogP) is 15.7. The summed E-state index contributed by atoms with van der Waals surface area (Å²) >= 11 is 0. The SMILES string of the molecule is CCCCCCCCC/C=C/CC/C=C/C(O)C(COC1OC(CO)C(OC2OC(CO)C(O)C(O)C2O)C(O)C1O)NC(=O)CCCCCCCCCCCCCCCCCCCCCCCCCCCCCCC/C=C\CCCCCCCCCC. The lowest BCUT2D eigenvalue weighted by Crippen LogP contribution is -2.65. The average Bonchev–Trinajstić information content (AvgIpc) is 2.28. The molecule has 9 N–H and O–H groups in total. The van der Waals surface area contributed by atoms with Gasteiger partial charge in [0.15, 0.2) is 12.6 Å². The minimum absolute atomic E-state index is 0.244. The first kappa shape index (κ1) is 82.3. The van der Waals surface area contributed by atoms with Gasteiger partial charge < -0.3 is 65.1 Å². The molecule has 0 radical (unpaired) electrons. The fourth-order valence-electron chi connectivity index (χ4n) is 12.4. The van der Waals surface area contributed by atoms with E-state index in [0.29, 0.717) is 12.8 Å². The van der Waals surface area contributed by atoms with Gasteiger partial charge in [0.2, 0.25) is 5.91 Å². The third kappa shape index (κ3) is 42.4. The second-order valence-electron chi connectivity index (χ2n) is 26.4. The van der Waals surface area contributed by atoms with Crippen LogP contribution in [-0.4, -0.2) is 140 Å². The highest BCUT2D eigenvalue weighted by atomic mass is 16.7. The second-order valence-corrected chi connectivity index (χ2v) is 26.4. The highest BCUT2D eigenvalue weighted by molar-refractivity contribution is 5.76. The highest BCUT2D eigenvalue weighted by Gasteiger charge is 2.51. The summed E-state index contributed by atoms with van der Waals surface area (Å²) in [6.45, 7) is 2.80. The van der Waals surface area contributed by atoms with Crippen molar-refractivity contribution in [2.75, 3.05) is 19.8 Å². The number of amides is 1. The Morgan fingerprint density at radius 1 is 0.398 bits per heavy atom. The van der Waals surface area contributed by atoms with Crippen molar-refractivity contribution in [3.05, 3.63) is 36.5 Å². The number of aliphatic hydroxyl groups excluding tert-OH is 8. The topological polar surface area (TPSA) is 228 Å². The molecule has 0 aromatic carbocycles. The van der Waals surface area contributed by atoms with Crippen LogP contribution in [0.1, 0.15) is 335 Å². The molecule has 518 valence electrons. The molecule has 14 heteroatoms. The molecule has 2 saturated heterocycles. The van der Waals surface area contributed by atoms with Gasteiger partial charge in [-0.3, -0.25) is 4.79 Å². The number of hydrogen-bond acceptors (Lipinski definition) is 13. The van der Waals surface area contributed by atoms with Gasteiger partial charge >= 0.3 is 0 Å². The van der Waals surface area contributed by atoms with Crippen molar-refractivity contribution in [3.63, 3.8) is 0 Å². The van der Waals surface area contributed by atoms with Gasteiger partial charge in [0.05, 0.1) is 32.0 Å².